The largest absolute Gasteiger partial charge is 0.469 e. The van der Waals surface area contributed by atoms with Crippen LogP contribution in [0.4, 0.5) is 0 Å². The number of esters is 1. The van der Waals surface area contributed by atoms with Gasteiger partial charge in [-0.3, -0.25) is 4.79 Å². The van der Waals surface area contributed by atoms with Crippen molar-refractivity contribution in [2.45, 2.75) is 19.4 Å². The van der Waals surface area contributed by atoms with Crippen LogP contribution in [0.15, 0.2) is 83.7 Å². The lowest BCUT2D eigenvalue weighted by Gasteiger charge is -2.15. The van der Waals surface area contributed by atoms with Gasteiger partial charge in [0, 0.05) is 5.56 Å². The maximum atomic E-state index is 11.6. The Morgan fingerprint density at radius 3 is 2.67 bits per heavy atom. The van der Waals surface area contributed by atoms with Crippen molar-refractivity contribution in [1.82, 2.24) is 0 Å². The molecule has 2 aromatic carbocycles. The van der Waals surface area contributed by atoms with Crippen LogP contribution in [0.2, 0.25) is 0 Å². The first-order valence-electron chi connectivity index (χ1n) is 8.67. The third-order valence-electron chi connectivity index (χ3n) is 3.96. The maximum Gasteiger partial charge on any atom is 0.310 e. The van der Waals surface area contributed by atoms with Gasteiger partial charge in [0.1, 0.15) is 18.1 Å². The molecule has 0 atom stereocenters. The first-order valence-corrected chi connectivity index (χ1v) is 8.67. The van der Waals surface area contributed by atoms with Crippen LogP contribution in [0.3, 0.4) is 0 Å². The molecule has 0 amide bonds. The number of methoxy groups -OCH3 is 1. The van der Waals surface area contributed by atoms with Gasteiger partial charge in [0.05, 0.1) is 25.7 Å². The fourth-order valence-electron chi connectivity index (χ4n) is 2.58. The molecule has 27 heavy (non-hydrogen) atoms. The van der Waals surface area contributed by atoms with E-state index in [1.54, 1.807) is 0 Å². The molecular weight excluding hydrogens is 342 g/mol. The molecule has 0 aliphatic heterocycles. The normalized spacial score (nSPS) is 14.6. The van der Waals surface area contributed by atoms with E-state index in [9.17, 15) is 4.79 Å². The average Bonchev–Trinajstić information content (AvgIpc) is 2.70. The van der Waals surface area contributed by atoms with E-state index >= 15 is 0 Å². The van der Waals surface area contributed by atoms with E-state index < -0.39 is 0 Å². The van der Waals surface area contributed by atoms with Crippen LogP contribution >= 0.6 is 0 Å². The Morgan fingerprint density at radius 1 is 1.07 bits per heavy atom. The maximum absolute atomic E-state index is 11.6. The molecule has 1 aliphatic carbocycles. The summed E-state index contributed by atoms with van der Waals surface area (Å²) < 4.78 is 10.7. The summed E-state index contributed by atoms with van der Waals surface area (Å²) >= 11 is 0. The number of ether oxygens (including phenoxy) is 2. The number of benzene rings is 2. The van der Waals surface area contributed by atoms with Crippen LogP contribution in [0.5, 0.6) is 5.75 Å². The van der Waals surface area contributed by atoms with Crippen molar-refractivity contribution < 1.29 is 19.1 Å². The summed E-state index contributed by atoms with van der Waals surface area (Å²) in [4.78, 5) is 17.0. The van der Waals surface area contributed by atoms with Crippen molar-refractivity contribution >= 4 is 11.7 Å². The second-order valence-corrected chi connectivity index (χ2v) is 5.97. The molecule has 5 nitrogen and oxygen atoms in total. The van der Waals surface area contributed by atoms with Gasteiger partial charge in [-0.25, -0.2) is 0 Å². The standard InChI is InChI=1S/C22H21NO4/c1-25-22(24)14-18-10-5-6-13-21(18)27-20-12-7-11-19(15-20)23-26-16-17-8-3-2-4-9-17/h2-13H,14-16H2,1H3. The molecule has 0 unspecified atom stereocenters. The lowest BCUT2D eigenvalue weighted by molar-refractivity contribution is -0.139. The van der Waals surface area contributed by atoms with Gasteiger partial charge in [-0.05, 0) is 23.8 Å². The highest BCUT2D eigenvalue weighted by molar-refractivity contribution is 5.97. The molecule has 0 bridgehead atoms. The SMILES string of the molecule is COC(=O)Cc1ccccc1OC1=CC=CC(=NOCc2ccccc2)C1. The molecule has 0 saturated carbocycles. The van der Waals surface area contributed by atoms with Gasteiger partial charge in [-0.1, -0.05) is 59.8 Å². The molecule has 0 heterocycles. The van der Waals surface area contributed by atoms with Crippen LogP contribution in [0.25, 0.3) is 0 Å². The van der Waals surface area contributed by atoms with Gasteiger partial charge in [0.25, 0.3) is 0 Å². The number of allylic oxidation sites excluding steroid dienone is 4. The molecule has 0 saturated heterocycles. The van der Waals surface area contributed by atoms with Crippen molar-refractivity contribution in [1.29, 1.82) is 0 Å². The fourth-order valence-corrected chi connectivity index (χ4v) is 2.58. The lowest BCUT2D eigenvalue weighted by Crippen LogP contribution is -2.09. The predicted molar refractivity (Wildman–Crippen MR) is 103 cm³/mol. The highest BCUT2D eigenvalue weighted by Gasteiger charge is 2.13. The molecule has 5 heteroatoms. The number of carbonyl (C=O) groups is 1. The summed E-state index contributed by atoms with van der Waals surface area (Å²) in [6, 6.07) is 17.3. The molecule has 0 spiro atoms. The zero-order valence-electron chi connectivity index (χ0n) is 15.1. The van der Waals surface area contributed by atoms with E-state index in [-0.39, 0.29) is 12.4 Å². The number of hydrogen-bond acceptors (Lipinski definition) is 5. The predicted octanol–water partition coefficient (Wildman–Crippen LogP) is 4.20. The first-order chi connectivity index (χ1) is 13.2. The Hall–Kier alpha value is -3.34. The summed E-state index contributed by atoms with van der Waals surface area (Å²) in [6.45, 7) is 0.417. The number of oxime groups is 1. The summed E-state index contributed by atoms with van der Waals surface area (Å²) in [5, 5.41) is 4.19. The van der Waals surface area contributed by atoms with E-state index in [0.717, 1.165) is 22.6 Å². The number of para-hydroxylation sites is 1. The average molecular weight is 363 g/mol. The Kier molecular flexibility index (Phi) is 6.41. The first kappa shape index (κ1) is 18.5. The third-order valence-corrected chi connectivity index (χ3v) is 3.96. The van der Waals surface area contributed by atoms with Gasteiger partial charge in [0.2, 0.25) is 0 Å². The second-order valence-electron chi connectivity index (χ2n) is 5.97. The smallest absolute Gasteiger partial charge is 0.310 e. The molecule has 0 N–H and O–H groups in total. The monoisotopic (exact) mass is 363 g/mol. The fraction of sp³-hybridized carbons (Fsp3) is 0.182. The van der Waals surface area contributed by atoms with Crippen molar-refractivity contribution in [2.75, 3.05) is 7.11 Å². The quantitative estimate of drug-likeness (QED) is 0.546. The van der Waals surface area contributed by atoms with Crippen LogP contribution in [0, 0.1) is 0 Å². The highest BCUT2D eigenvalue weighted by Crippen LogP contribution is 2.24. The summed E-state index contributed by atoms with van der Waals surface area (Å²) in [7, 11) is 1.37. The topological polar surface area (TPSA) is 57.1 Å². The Balaban J connectivity index is 1.60. The molecule has 2 aromatic rings. The molecule has 138 valence electrons. The molecule has 0 aromatic heterocycles. The summed E-state index contributed by atoms with van der Waals surface area (Å²) in [6.07, 6.45) is 6.31. The summed E-state index contributed by atoms with van der Waals surface area (Å²) in [5.41, 5.74) is 2.61. The number of nitrogens with zero attached hydrogens (tertiary/aromatic N) is 1. The lowest BCUT2D eigenvalue weighted by atomic mass is 10.1. The van der Waals surface area contributed by atoms with E-state index in [4.69, 9.17) is 14.3 Å². The van der Waals surface area contributed by atoms with Gasteiger partial charge in [-0.15, -0.1) is 0 Å². The molecule has 3 rings (SSSR count). The minimum atomic E-state index is -0.305. The van der Waals surface area contributed by atoms with E-state index in [1.807, 2.05) is 72.8 Å². The Bertz CT molecular complexity index is 869. The van der Waals surface area contributed by atoms with Gasteiger partial charge >= 0.3 is 5.97 Å². The third kappa shape index (κ3) is 5.57. The van der Waals surface area contributed by atoms with Crippen molar-refractivity contribution in [2.24, 2.45) is 5.16 Å². The minimum Gasteiger partial charge on any atom is -0.469 e. The van der Waals surface area contributed by atoms with Crippen LogP contribution in [-0.4, -0.2) is 18.8 Å². The van der Waals surface area contributed by atoms with Gasteiger partial charge < -0.3 is 14.3 Å². The number of rotatable bonds is 7. The van der Waals surface area contributed by atoms with E-state index in [1.165, 1.54) is 7.11 Å². The molecule has 1 aliphatic rings. The highest BCUT2D eigenvalue weighted by atomic mass is 16.6. The summed E-state index contributed by atoms with van der Waals surface area (Å²) in [5.74, 6) is 1.06. The molecule has 0 fully saturated rings. The van der Waals surface area contributed by atoms with Crippen LogP contribution in [0.1, 0.15) is 17.5 Å². The van der Waals surface area contributed by atoms with Crippen molar-refractivity contribution in [3.8, 4) is 5.75 Å². The van der Waals surface area contributed by atoms with Gasteiger partial charge in [-0.2, -0.15) is 0 Å². The van der Waals surface area contributed by atoms with Crippen molar-refractivity contribution in [3.05, 3.63) is 89.7 Å². The second kappa shape index (κ2) is 9.38. The van der Waals surface area contributed by atoms with E-state index in [0.29, 0.717) is 18.8 Å². The zero-order valence-corrected chi connectivity index (χ0v) is 15.1. The van der Waals surface area contributed by atoms with E-state index in [2.05, 4.69) is 5.16 Å². The number of hydrogen-bond donors (Lipinski definition) is 0. The zero-order chi connectivity index (χ0) is 18.9. The van der Waals surface area contributed by atoms with Crippen molar-refractivity contribution in [3.63, 3.8) is 0 Å². The molecule has 0 radical (unpaired) electrons. The Morgan fingerprint density at radius 2 is 1.85 bits per heavy atom. The van der Waals surface area contributed by atoms with Gasteiger partial charge in [0.15, 0.2) is 0 Å². The Labute approximate surface area is 158 Å². The minimum absolute atomic E-state index is 0.164. The molecular formula is C22H21NO4. The number of carbonyl (C=O) groups excluding carboxylic acids is 1. The van der Waals surface area contributed by atoms with Crippen LogP contribution in [-0.2, 0) is 27.4 Å². The van der Waals surface area contributed by atoms with Crippen LogP contribution < -0.4 is 4.74 Å².